The van der Waals surface area contributed by atoms with Crippen molar-refractivity contribution >= 4 is 17.5 Å². The zero-order valence-corrected chi connectivity index (χ0v) is 12.8. The number of carbonyl (C=O) groups excluding carboxylic acids is 1. The minimum absolute atomic E-state index is 0.00252. The van der Waals surface area contributed by atoms with E-state index in [1.807, 2.05) is 0 Å². The summed E-state index contributed by atoms with van der Waals surface area (Å²) < 4.78 is 5.09. The van der Waals surface area contributed by atoms with Gasteiger partial charge >= 0.3 is 0 Å². The number of ether oxygens (including phenoxy) is 1. The number of nitrogens with two attached hydrogens (primary N) is 1. The van der Waals surface area contributed by atoms with Gasteiger partial charge in [0, 0.05) is 35.2 Å². The lowest BCUT2D eigenvalue weighted by atomic mass is 9.85. The van der Waals surface area contributed by atoms with E-state index in [-0.39, 0.29) is 17.6 Å². The third-order valence-electron chi connectivity index (χ3n) is 4.05. The fourth-order valence-electron chi connectivity index (χ4n) is 2.76. The van der Waals surface area contributed by atoms with Crippen LogP contribution in [0.5, 0.6) is 11.5 Å². The number of rotatable bonds is 5. The molecule has 0 aromatic heterocycles. The van der Waals surface area contributed by atoms with Gasteiger partial charge in [0.2, 0.25) is 5.91 Å². The van der Waals surface area contributed by atoms with Crippen molar-refractivity contribution in [3.63, 3.8) is 0 Å². The lowest BCUT2D eigenvalue weighted by molar-refractivity contribution is -0.122. The number of phenols is 1. The summed E-state index contributed by atoms with van der Waals surface area (Å²) in [4.78, 5) is 11.1. The second-order valence-corrected chi connectivity index (χ2v) is 5.88. The third-order valence-corrected chi connectivity index (χ3v) is 4.27. The molecular formula is C15H21ClN2O3. The Kier molecular flexibility index (Phi) is 5.31. The average molecular weight is 313 g/mol. The molecule has 0 unspecified atom stereocenters. The van der Waals surface area contributed by atoms with Crippen LogP contribution in [-0.2, 0) is 11.3 Å². The van der Waals surface area contributed by atoms with Gasteiger partial charge in [-0.2, -0.15) is 0 Å². The van der Waals surface area contributed by atoms with E-state index in [9.17, 15) is 9.90 Å². The number of aromatic hydroxyl groups is 1. The van der Waals surface area contributed by atoms with Crippen LogP contribution in [0.25, 0.3) is 0 Å². The maximum absolute atomic E-state index is 11.1. The summed E-state index contributed by atoms with van der Waals surface area (Å²) in [5, 5.41) is 14.0. The first-order valence-electron chi connectivity index (χ1n) is 7.09. The highest BCUT2D eigenvalue weighted by Crippen LogP contribution is 2.33. The normalized spacial score (nSPS) is 22.0. The van der Waals surface area contributed by atoms with Crippen LogP contribution in [0, 0.1) is 5.92 Å². The van der Waals surface area contributed by atoms with Gasteiger partial charge in [-0.15, -0.1) is 0 Å². The number of amides is 1. The first-order valence-corrected chi connectivity index (χ1v) is 7.47. The van der Waals surface area contributed by atoms with Crippen molar-refractivity contribution in [1.29, 1.82) is 0 Å². The van der Waals surface area contributed by atoms with Crippen molar-refractivity contribution < 1.29 is 14.6 Å². The van der Waals surface area contributed by atoms with Crippen LogP contribution in [0.4, 0.5) is 0 Å². The number of hydrogen-bond donors (Lipinski definition) is 3. The highest BCUT2D eigenvalue weighted by Gasteiger charge is 2.24. The van der Waals surface area contributed by atoms with E-state index in [1.54, 1.807) is 12.1 Å². The number of nitrogens with one attached hydrogen (secondary N) is 1. The Hall–Kier alpha value is -1.46. The molecule has 21 heavy (non-hydrogen) atoms. The van der Waals surface area contributed by atoms with Gasteiger partial charge < -0.3 is 20.9 Å². The molecule has 1 aliphatic rings. The molecule has 4 N–H and O–H groups in total. The molecule has 2 rings (SSSR count). The summed E-state index contributed by atoms with van der Waals surface area (Å²) in [5.41, 5.74) is 6.03. The molecule has 6 heteroatoms. The molecule has 0 spiro atoms. The lowest BCUT2D eigenvalue weighted by Crippen LogP contribution is -2.36. The average Bonchev–Trinajstić information content (AvgIpc) is 2.48. The first-order chi connectivity index (χ1) is 10.0. The summed E-state index contributed by atoms with van der Waals surface area (Å²) >= 11 is 6.01. The molecule has 116 valence electrons. The monoisotopic (exact) mass is 312 g/mol. The van der Waals surface area contributed by atoms with E-state index in [0.717, 1.165) is 25.7 Å². The maximum atomic E-state index is 11.1. The van der Waals surface area contributed by atoms with E-state index in [1.165, 1.54) is 7.11 Å². The van der Waals surface area contributed by atoms with E-state index >= 15 is 0 Å². The topological polar surface area (TPSA) is 84.6 Å². The molecule has 1 aliphatic carbocycles. The Labute approximate surface area is 129 Å². The highest BCUT2D eigenvalue weighted by molar-refractivity contribution is 6.30. The van der Waals surface area contributed by atoms with Crippen LogP contribution in [0.2, 0.25) is 5.02 Å². The molecule has 0 heterocycles. The summed E-state index contributed by atoms with van der Waals surface area (Å²) in [6, 6.07) is 3.63. The van der Waals surface area contributed by atoms with Crippen LogP contribution < -0.4 is 15.8 Å². The highest BCUT2D eigenvalue weighted by atomic mass is 35.5. The Morgan fingerprint density at radius 2 is 2.10 bits per heavy atom. The second kappa shape index (κ2) is 7.00. The number of methoxy groups -OCH3 is 1. The van der Waals surface area contributed by atoms with Gasteiger partial charge in [-0.3, -0.25) is 4.79 Å². The van der Waals surface area contributed by atoms with Crippen molar-refractivity contribution in [3.05, 3.63) is 22.7 Å². The molecule has 0 bridgehead atoms. The van der Waals surface area contributed by atoms with Crippen LogP contribution in [-0.4, -0.2) is 24.2 Å². The number of benzene rings is 1. The van der Waals surface area contributed by atoms with Crippen LogP contribution in [0.15, 0.2) is 12.1 Å². The van der Waals surface area contributed by atoms with E-state index in [0.29, 0.717) is 28.9 Å². The number of phenolic OH excluding ortho intramolecular Hbond substituents is 1. The molecule has 5 nitrogen and oxygen atoms in total. The predicted octanol–water partition coefficient (Wildman–Crippen LogP) is 2.19. The van der Waals surface area contributed by atoms with Gasteiger partial charge in [0.25, 0.3) is 0 Å². The molecule has 1 amide bonds. The number of hydrogen-bond acceptors (Lipinski definition) is 4. The minimum atomic E-state index is -0.203. The molecule has 1 saturated carbocycles. The molecule has 0 saturated heterocycles. The van der Waals surface area contributed by atoms with Crippen LogP contribution in [0.1, 0.15) is 31.2 Å². The number of carbonyl (C=O) groups is 1. The zero-order chi connectivity index (χ0) is 15.4. The number of primary amides is 1. The first kappa shape index (κ1) is 15.9. The van der Waals surface area contributed by atoms with E-state index in [4.69, 9.17) is 22.1 Å². The molecule has 0 aliphatic heterocycles. The standard InChI is InChI=1S/C15H21ClN2O3/c1-21-13-7-11(16)6-10(14(13)19)8-18-12-4-2-9(3-5-12)15(17)20/h6-7,9,12,18-19H,2-5,8H2,1H3,(H2,17,20). The molecule has 1 aromatic rings. The van der Waals surface area contributed by atoms with Crippen molar-refractivity contribution in [3.8, 4) is 11.5 Å². The van der Waals surface area contributed by atoms with Gasteiger partial charge in [0.15, 0.2) is 11.5 Å². The molecule has 0 atom stereocenters. The van der Waals surface area contributed by atoms with Crippen LogP contribution in [0.3, 0.4) is 0 Å². The second-order valence-electron chi connectivity index (χ2n) is 5.45. The smallest absolute Gasteiger partial charge is 0.220 e. The van der Waals surface area contributed by atoms with Gasteiger partial charge in [0.05, 0.1) is 7.11 Å². The fourth-order valence-corrected chi connectivity index (χ4v) is 2.99. The predicted molar refractivity (Wildman–Crippen MR) is 81.4 cm³/mol. The van der Waals surface area contributed by atoms with Crippen molar-refractivity contribution in [1.82, 2.24) is 5.32 Å². The van der Waals surface area contributed by atoms with Gasteiger partial charge in [-0.05, 0) is 31.7 Å². The van der Waals surface area contributed by atoms with Crippen molar-refractivity contribution in [2.24, 2.45) is 11.7 Å². The molecule has 0 radical (unpaired) electrons. The Morgan fingerprint density at radius 3 is 2.67 bits per heavy atom. The Morgan fingerprint density at radius 1 is 1.43 bits per heavy atom. The summed E-state index contributed by atoms with van der Waals surface area (Å²) in [6.07, 6.45) is 3.45. The maximum Gasteiger partial charge on any atom is 0.220 e. The molecular weight excluding hydrogens is 292 g/mol. The molecule has 1 fully saturated rings. The number of halogens is 1. The third kappa shape index (κ3) is 4.02. The SMILES string of the molecule is COc1cc(Cl)cc(CNC2CCC(C(N)=O)CC2)c1O. The lowest BCUT2D eigenvalue weighted by Gasteiger charge is -2.27. The minimum Gasteiger partial charge on any atom is -0.504 e. The van der Waals surface area contributed by atoms with Crippen molar-refractivity contribution in [2.45, 2.75) is 38.3 Å². The Balaban J connectivity index is 1.92. The summed E-state index contributed by atoms with van der Waals surface area (Å²) in [7, 11) is 1.49. The quantitative estimate of drug-likeness (QED) is 0.778. The zero-order valence-electron chi connectivity index (χ0n) is 12.1. The van der Waals surface area contributed by atoms with Gasteiger partial charge in [-0.25, -0.2) is 0 Å². The fraction of sp³-hybridized carbons (Fsp3) is 0.533. The summed E-state index contributed by atoms with van der Waals surface area (Å²) in [6.45, 7) is 0.509. The Bertz CT molecular complexity index is 514. The van der Waals surface area contributed by atoms with Crippen LogP contribution >= 0.6 is 11.6 Å². The van der Waals surface area contributed by atoms with E-state index in [2.05, 4.69) is 5.32 Å². The van der Waals surface area contributed by atoms with Gasteiger partial charge in [0.1, 0.15) is 0 Å². The van der Waals surface area contributed by atoms with Gasteiger partial charge in [-0.1, -0.05) is 11.6 Å². The van der Waals surface area contributed by atoms with Crippen molar-refractivity contribution in [2.75, 3.05) is 7.11 Å². The summed E-state index contributed by atoms with van der Waals surface area (Å²) in [5.74, 6) is 0.283. The van der Waals surface area contributed by atoms with E-state index < -0.39 is 0 Å². The molecule has 1 aromatic carbocycles. The largest absolute Gasteiger partial charge is 0.504 e.